The molecule has 2 aliphatic rings. The van der Waals surface area contributed by atoms with Crippen molar-refractivity contribution >= 4 is 5.91 Å². The van der Waals surface area contributed by atoms with E-state index in [2.05, 4.69) is 16.0 Å². The first-order valence-corrected chi connectivity index (χ1v) is 8.52. The number of rotatable bonds is 3. The zero-order valence-corrected chi connectivity index (χ0v) is 14.3. The minimum atomic E-state index is 0.0650. The van der Waals surface area contributed by atoms with Gasteiger partial charge in [-0.1, -0.05) is 6.07 Å². The Balaban J connectivity index is 1.33. The molecule has 0 radical (unpaired) electrons. The van der Waals surface area contributed by atoms with Crippen molar-refractivity contribution in [2.75, 3.05) is 33.0 Å². The van der Waals surface area contributed by atoms with Gasteiger partial charge in [-0.2, -0.15) is 0 Å². The molecule has 0 atom stereocenters. The number of aryl methyl sites for hydroxylation is 1. The Kier molecular flexibility index (Phi) is 4.28. The van der Waals surface area contributed by atoms with E-state index in [1.165, 1.54) is 5.56 Å². The lowest BCUT2D eigenvalue weighted by Crippen LogP contribution is -2.48. The van der Waals surface area contributed by atoms with E-state index in [1.807, 2.05) is 36.1 Å². The third-order valence-corrected chi connectivity index (χ3v) is 4.66. The van der Waals surface area contributed by atoms with E-state index in [9.17, 15) is 4.79 Å². The van der Waals surface area contributed by atoms with Crippen LogP contribution in [-0.4, -0.2) is 53.7 Å². The second kappa shape index (κ2) is 6.72. The van der Waals surface area contributed by atoms with E-state index < -0.39 is 0 Å². The van der Waals surface area contributed by atoms with Gasteiger partial charge in [0.1, 0.15) is 0 Å². The van der Waals surface area contributed by atoms with Crippen LogP contribution in [0.15, 0.2) is 36.5 Å². The van der Waals surface area contributed by atoms with E-state index in [1.54, 1.807) is 6.20 Å². The highest BCUT2D eigenvalue weighted by molar-refractivity contribution is 5.94. The van der Waals surface area contributed by atoms with Gasteiger partial charge < -0.3 is 14.4 Å². The monoisotopic (exact) mass is 339 g/mol. The first-order chi connectivity index (χ1) is 12.2. The number of hydrogen-bond acceptors (Lipinski definition) is 5. The average molecular weight is 339 g/mol. The number of fused-ring (bicyclic) bond motifs is 1. The minimum absolute atomic E-state index is 0.0650. The highest BCUT2D eigenvalue weighted by Crippen LogP contribution is 2.32. The second-order valence-corrected chi connectivity index (χ2v) is 6.44. The van der Waals surface area contributed by atoms with Crippen molar-refractivity contribution < 1.29 is 14.3 Å². The fourth-order valence-corrected chi connectivity index (χ4v) is 3.18. The first-order valence-electron chi connectivity index (χ1n) is 8.52. The standard InChI is InChI=1S/C19H21N3O3/c1-14-2-4-16(11-20-14)19(23)22-8-6-21(7-9-22)12-15-3-5-17-18(10-15)25-13-24-17/h2-5,10-11H,6-9,12-13H2,1H3. The Morgan fingerprint density at radius 1 is 1.08 bits per heavy atom. The molecule has 6 heteroatoms. The van der Waals surface area contributed by atoms with E-state index in [0.717, 1.165) is 49.9 Å². The molecule has 6 nitrogen and oxygen atoms in total. The minimum Gasteiger partial charge on any atom is -0.454 e. The van der Waals surface area contributed by atoms with Gasteiger partial charge in [-0.05, 0) is 36.8 Å². The molecule has 0 saturated carbocycles. The molecule has 0 spiro atoms. The van der Waals surface area contributed by atoms with Gasteiger partial charge in [-0.15, -0.1) is 0 Å². The third-order valence-electron chi connectivity index (χ3n) is 4.66. The number of nitrogens with zero attached hydrogens (tertiary/aromatic N) is 3. The van der Waals surface area contributed by atoms with E-state index in [4.69, 9.17) is 9.47 Å². The van der Waals surface area contributed by atoms with Crippen LogP contribution in [0.5, 0.6) is 11.5 Å². The van der Waals surface area contributed by atoms with Crippen molar-refractivity contribution in [3.8, 4) is 11.5 Å². The maximum atomic E-state index is 12.5. The fraction of sp³-hybridized carbons (Fsp3) is 0.368. The average Bonchev–Trinajstić information content (AvgIpc) is 3.10. The van der Waals surface area contributed by atoms with Crippen LogP contribution in [0.4, 0.5) is 0 Å². The number of aromatic nitrogens is 1. The summed E-state index contributed by atoms with van der Waals surface area (Å²) in [4.78, 5) is 21.0. The number of pyridine rings is 1. The maximum Gasteiger partial charge on any atom is 0.255 e. The lowest BCUT2D eigenvalue weighted by Gasteiger charge is -2.34. The van der Waals surface area contributed by atoms with Crippen LogP contribution in [-0.2, 0) is 6.54 Å². The van der Waals surface area contributed by atoms with Crippen LogP contribution in [0, 0.1) is 6.92 Å². The van der Waals surface area contributed by atoms with Crippen LogP contribution in [0.1, 0.15) is 21.6 Å². The van der Waals surface area contributed by atoms with Crippen LogP contribution in [0.3, 0.4) is 0 Å². The molecule has 1 fully saturated rings. The summed E-state index contributed by atoms with van der Waals surface area (Å²) in [5.41, 5.74) is 2.78. The van der Waals surface area contributed by atoms with Gasteiger partial charge in [-0.25, -0.2) is 0 Å². The summed E-state index contributed by atoms with van der Waals surface area (Å²) < 4.78 is 10.8. The molecule has 1 amide bonds. The lowest BCUT2D eigenvalue weighted by atomic mass is 10.1. The Hall–Kier alpha value is -2.60. The molecular weight excluding hydrogens is 318 g/mol. The zero-order valence-electron chi connectivity index (χ0n) is 14.3. The first kappa shape index (κ1) is 15.9. The summed E-state index contributed by atoms with van der Waals surface area (Å²) in [5, 5.41) is 0. The largest absolute Gasteiger partial charge is 0.454 e. The summed E-state index contributed by atoms with van der Waals surface area (Å²) in [6, 6.07) is 9.80. The smallest absolute Gasteiger partial charge is 0.255 e. The van der Waals surface area contributed by atoms with Crippen molar-refractivity contribution in [1.29, 1.82) is 0 Å². The van der Waals surface area contributed by atoms with Crippen molar-refractivity contribution in [1.82, 2.24) is 14.8 Å². The van der Waals surface area contributed by atoms with E-state index in [0.29, 0.717) is 12.4 Å². The molecule has 4 rings (SSSR count). The van der Waals surface area contributed by atoms with Gasteiger partial charge in [0.15, 0.2) is 11.5 Å². The van der Waals surface area contributed by atoms with Crippen molar-refractivity contribution in [2.24, 2.45) is 0 Å². The molecule has 0 bridgehead atoms. The molecule has 0 aliphatic carbocycles. The Morgan fingerprint density at radius 3 is 2.64 bits per heavy atom. The number of carbonyl (C=O) groups is 1. The molecule has 25 heavy (non-hydrogen) atoms. The number of benzene rings is 1. The van der Waals surface area contributed by atoms with Crippen LogP contribution >= 0.6 is 0 Å². The predicted octanol–water partition coefficient (Wildman–Crippen LogP) is 2.08. The molecular formula is C19H21N3O3. The predicted molar refractivity (Wildman–Crippen MR) is 92.7 cm³/mol. The number of carbonyl (C=O) groups excluding carboxylic acids is 1. The summed E-state index contributed by atoms with van der Waals surface area (Å²) in [6.07, 6.45) is 1.66. The van der Waals surface area contributed by atoms with Crippen LogP contribution in [0.2, 0.25) is 0 Å². The van der Waals surface area contributed by atoms with Gasteiger partial charge in [0, 0.05) is 44.6 Å². The Labute approximate surface area is 147 Å². The fourth-order valence-electron chi connectivity index (χ4n) is 3.18. The quantitative estimate of drug-likeness (QED) is 0.857. The van der Waals surface area contributed by atoms with E-state index >= 15 is 0 Å². The zero-order chi connectivity index (χ0) is 17.2. The van der Waals surface area contributed by atoms with Crippen molar-refractivity contribution in [3.63, 3.8) is 0 Å². The highest BCUT2D eigenvalue weighted by Gasteiger charge is 2.23. The second-order valence-electron chi connectivity index (χ2n) is 6.44. The van der Waals surface area contributed by atoms with E-state index in [-0.39, 0.29) is 5.91 Å². The lowest BCUT2D eigenvalue weighted by molar-refractivity contribution is 0.0628. The van der Waals surface area contributed by atoms with Crippen LogP contribution < -0.4 is 9.47 Å². The molecule has 1 aromatic heterocycles. The molecule has 3 heterocycles. The van der Waals surface area contributed by atoms with Crippen LogP contribution in [0.25, 0.3) is 0 Å². The Bertz CT molecular complexity index is 768. The molecule has 1 aromatic carbocycles. The molecule has 2 aliphatic heterocycles. The molecule has 2 aromatic rings. The SMILES string of the molecule is Cc1ccc(C(=O)N2CCN(Cc3ccc4c(c3)OCO4)CC2)cn1. The molecule has 1 saturated heterocycles. The van der Waals surface area contributed by atoms with Crippen molar-refractivity contribution in [2.45, 2.75) is 13.5 Å². The van der Waals surface area contributed by atoms with Crippen molar-refractivity contribution in [3.05, 3.63) is 53.3 Å². The number of amides is 1. The third kappa shape index (κ3) is 3.44. The van der Waals surface area contributed by atoms with Gasteiger partial charge in [-0.3, -0.25) is 14.7 Å². The number of piperazine rings is 1. The summed E-state index contributed by atoms with van der Waals surface area (Å²) in [6.45, 7) is 6.26. The van der Waals surface area contributed by atoms with Gasteiger partial charge >= 0.3 is 0 Å². The summed E-state index contributed by atoms with van der Waals surface area (Å²) >= 11 is 0. The normalized spacial score (nSPS) is 16.9. The summed E-state index contributed by atoms with van der Waals surface area (Å²) in [5.74, 6) is 1.69. The van der Waals surface area contributed by atoms with Gasteiger partial charge in [0.05, 0.1) is 5.56 Å². The molecule has 0 N–H and O–H groups in total. The summed E-state index contributed by atoms with van der Waals surface area (Å²) in [7, 11) is 0. The highest BCUT2D eigenvalue weighted by atomic mass is 16.7. The Morgan fingerprint density at radius 2 is 1.88 bits per heavy atom. The van der Waals surface area contributed by atoms with Gasteiger partial charge in [0.2, 0.25) is 6.79 Å². The van der Waals surface area contributed by atoms with Gasteiger partial charge in [0.25, 0.3) is 5.91 Å². The number of hydrogen-bond donors (Lipinski definition) is 0. The maximum absolute atomic E-state index is 12.5. The molecule has 0 unspecified atom stereocenters. The number of ether oxygens (including phenoxy) is 2. The molecule has 130 valence electrons. The topological polar surface area (TPSA) is 54.9 Å².